The molecule has 0 radical (unpaired) electrons. The summed E-state index contributed by atoms with van der Waals surface area (Å²) in [7, 11) is 4.06. The number of methoxy groups -OCH3 is 1. The van der Waals surface area contributed by atoms with Crippen molar-refractivity contribution in [2.24, 2.45) is 0 Å². The van der Waals surface area contributed by atoms with Gasteiger partial charge in [-0.05, 0) is 6.92 Å². The number of ether oxygens (including phenoxy) is 2. The quantitative estimate of drug-likeness (QED) is 0.424. The van der Waals surface area contributed by atoms with Crippen LogP contribution >= 0.6 is 12.1 Å². The van der Waals surface area contributed by atoms with Gasteiger partial charge in [0.15, 0.2) is 0 Å². The molecule has 0 bridgehead atoms. The van der Waals surface area contributed by atoms with Crippen LogP contribution in [0.2, 0.25) is 0 Å². The average Bonchev–Trinajstić information content (AvgIpc) is 2.17. The summed E-state index contributed by atoms with van der Waals surface area (Å²) in [6, 6.07) is 0. The Labute approximate surface area is 97.9 Å². The number of hydrogen-bond acceptors (Lipinski definition) is 5. The monoisotopic (exact) mass is 254 g/mol. The molecule has 2 amide bonds. The zero-order valence-electron chi connectivity index (χ0n) is 9.60. The van der Waals surface area contributed by atoms with Gasteiger partial charge in [0.1, 0.15) is 6.10 Å². The van der Waals surface area contributed by atoms with E-state index >= 15 is 0 Å². The molecule has 0 aliphatic heterocycles. The fourth-order valence-corrected chi connectivity index (χ4v) is 1.31. The van der Waals surface area contributed by atoms with Gasteiger partial charge in [0.05, 0.1) is 18.7 Å². The van der Waals surface area contributed by atoms with Gasteiger partial charge in [-0.15, -0.1) is 4.39 Å². The van der Waals surface area contributed by atoms with Crippen LogP contribution in [-0.2, 0) is 9.47 Å². The summed E-state index contributed by atoms with van der Waals surface area (Å²) >= 11 is 0.603. The molecule has 1 unspecified atom stereocenters. The van der Waals surface area contributed by atoms with Crippen molar-refractivity contribution in [1.29, 1.82) is 0 Å². The first-order valence-electron chi connectivity index (χ1n) is 4.43. The molecule has 0 fully saturated rings. The SMILES string of the molecule is COCC(C)OC(=O)N(C)SN(C)C(=O)F. The van der Waals surface area contributed by atoms with E-state index in [-0.39, 0.29) is 6.61 Å². The van der Waals surface area contributed by atoms with Crippen molar-refractivity contribution in [3.05, 3.63) is 0 Å². The Morgan fingerprint density at radius 2 is 1.94 bits per heavy atom. The van der Waals surface area contributed by atoms with Gasteiger partial charge in [-0.25, -0.2) is 18.2 Å². The van der Waals surface area contributed by atoms with Crippen molar-refractivity contribution < 1.29 is 23.5 Å². The average molecular weight is 254 g/mol. The summed E-state index contributed by atoms with van der Waals surface area (Å²) in [6.07, 6.45) is -2.73. The van der Waals surface area contributed by atoms with Gasteiger partial charge < -0.3 is 9.47 Å². The van der Waals surface area contributed by atoms with E-state index in [2.05, 4.69) is 0 Å². The number of nitrogens with zero attached hydrogens (tertiary/aromatic N) is 2. The summed E-state index contributed by atoms with van der Waals surface area (Å²) in [6.45, 7) is 1.92. The highest BCUT2D eigenvalue weighted by Gasteiger charge is 2.19. The molecular weight excluding hydrogens is 239 g/mol. The van der Waals surface area contributed by atoms with Crippen molar-refractivity contribution in [3.63, 3.8) is 0 Å². The molecule has 0 aliphatic carbocycles. The minimum Gasteiger partial charge on any atom is -0.443 e. The lowest BCUT2D eigenvalue weighted by molar-refractivity contribution is 0.0421. The molecular formula is C8H15FN2O4S. The molecule has 8 heteroatoms. The van der Waals surface area contributed by atoms with Crippen molar-refractivity contribution in [2.45, 2.75) is 13.0 Å². The summed E-state index contributed by atoms with van der Waals surface area (Å²) in [5, 5.41) is 0. The lowest BCUT2D eigenvalue weighted by Crippen LogP contribution is -2.30. The summed E-state index contributed by atoms with van der Waals surface area (Å²) in [5.41, 5.74) is 0. The fourth-order valence-electron chi connectivity index (χ4n) is 0.764. The highest BCUT2D eigenvalue weighted by molar-refractivity contribution is 7.95. The lowest BCUT2D eigenvalue weighted by atomic mass is 10.4. The van der Waals surface area contributed by atoms with Crippen LogP contribution in [0.5, 0.6) is 0 Å². The van der Waals surface area contributed by atoms with E-state index in [1.54, 1.807) is 6.92 Å². The number of rotatable bonds is 5. The van der Waals surface area contributed by atoms with Crippen LogP contribution in [0.3, 0.4) is 0 Å². The first-order chi connectivity index (χ1) is 7.38. The van der Waals surface area contributed by atoms with Crippen molar-refractivity contribution in [1.82, 2.24) is 8.61 Å². The Morgan fingerprint density at radius 3 is 2.38 bits per heavy atom. The van der Waals surface area contributed by atoms with Crippen molar-refractivity contribution in [3.8, 4) is 0 Å². The van der Waals surface area contributed by atoms with Crippen LogP contribution in [0, 0.1) is 0 Å². The number of carbonyl (C=O) groups excluding carboxylic acids is 2. The molecule has 16 heavy (non-hydrogen) atoms. The second kappa shape index (κ2) is 7.29. The number of halogens is 1. The topological polar surface area (TPSA) is 59.1 Å². The third-order valence-electron chi connectivity index (χ3n) is 1.45. The van der Waals surface area contributed by atoms with E-state index < -0.39 is 18.4 Å². The first kappa shape index (κ1) is 15.0. The van der Waals surface area contributed by atoms with Crippen LogP contribution in [0.1, 0.15) is 6.92 Å². The van der Waals surface area contributed by atoms with Crippen LogP contribution in [0.4, 0.5) is 14.0 Å². The third kappa shape index (κ3) is 5.76. The molecule has 0 aromatic rings. The minimum atomic E-state index is -1.64. The van der Waals surface area contributed by atoms with E-state index in [0.717, 1.165) is 4.31 Å². The Morgan fingerprint density at radius 1 is 1.38 bits per heavy atom. The second-order valence-electron chi connectivity index (χ2n) is 2.98. The zero-order valence-corrected chi connectivity index (χ0v) is 10.4. The van der Waals surface area contributed by atoms with Gasteiger partial charge in [-0.1, -0.05) is 0 Å². The predicted octanol–water partition coefficient (Wildman–Crippen LogP) is 1.67. The summed E-state index contributed by atoms with van der Waals surface area (Å²) in [5.74, 6) is 0. The van der Waals surface area contributed by atoms with Crippen LogP contribution < -0.4 is 0 Å². The second-order valence-corrected chi connectivity index (χ2v) is 4.24. The van der Waals surface area contributed by atoms with Gasteiger partial charge >= 0.3 is 12.3 Å². The fraction of sp³-hybridized carbons (Fsp3) is 0.750. The maximum absolute atomic E-state index is 12.2. The van der Waals surface area contributed by atoms with E-state index in [0.29, 0.717) is 16.4 Å². The first-order valence-corrected chi connectivity index (χ1v) is 5.16. The minimum absolute atomic E-state index is 0.266. The van der Waals surface area contributed by atoms with E-state index in [1.807, 2.05) is 0 Å². The van der Waals surface area contributed by atoms with Crippen LogP contribution in [0.15, 0.2) is 0 Å². The zero-order chi connectivity index (χ0) is 12.7. The standard InChI is InChI=1S/C8H15FN2O4S/c1-6(5-14-4)15-8(13)11(3)16-10(2)7(9)12/h6H,5H2,1-4H3. The molecule has 0 rings (SSSR count). The molecule has 0 aromatic heterocycles. The highest BCUT2D eigenvalue weighted by Crippen LogP contribution is 2.14. The molecule has 0 aromatic carbocycles. The molecule has 1 atom stereocenters. The number of carbonyl (C=O) groups is 2. The Balaban J connectivity index is 4.03. The van der Waals surface area contributed by atoms with E-state index in [1.165, 1.54) is 21.2 Å². The number of hydrogen-bond donors (Lipinski definition) is 0. The van der Waals surface area contributed by atoms with Gasteiger partial charge in [0, 0.05) is 21.2 Å². The van der Waals surface area contributed by atoms with Crippen LogP contribution in [0.25, 0.3) is 0 Å². The maximum Gasteiger partial charge on any atom is 0.421 e. The third-order valence-corrected chi connectivity index (χ3v) is 2.24. The Bertz CT molecular complexity index is 254. The molecule has 0 saturated heterocycles. The van der Waals surface area contributed by atoms with E-state index in [4.69, 9.17) is 9.47 Å². The van der Waals surface area contributed by atoms with Crippen molar-refractivity contribution in [2.75, 3.05) is 27.8 Å². The molecule has 0 aliphatic rings. The van der Waals surface area contributed by atoms with Crippen LogP contribution in [-0.4, -0.2) is 54.8 Å². The summed E-state index contributed by atoms with van der Waals surface area (Å²) in [4.78, 5) is 21.6. The van der Waals surface area contributed by atoms with Gasteiger partial charge in [0.25, 0.3) is 0 Å². The molecule has 6 nitrogen and oxygen atoms in total. The van der Waals surface area contributed by atoms with Gasteiger partial charge in [-0.2, -0.15) is 0 Å². The van der Waals surface area contributed by atoms with Crippen molar-refractivity contribution >= 4 is 24.4 Å². The molecule has 0 N–H and O–H groups in total. The lowest BCUT2D eigenvalue weighted by Gasteiger charge is -2.21. The molecule has 0 spiro atoms. The van der Waals surface area contributed by atoms with Gasteiger partial charge in [0.2, 0.25) is 0 Å². The normalized spacial score (nSPS) is 11.8. The van der Waals surface area contributed by atoms with E-state index in [9.17, 15) is 14.0 Å². The molecule has 94 valence electrons. The largest absolute Gasteiger partial charge is 0.443 e. The molecule has 0 heterocycles. The van der Waals surface area contributed by atoms with Gasteiger partial charge in [-0.3, -0.25) is 0 Å². The maximum atomic E-state index is 12.2. The number of amides is 2. The predicted molar refractivity (Wildman–Crippen MR) is 57.4 cm³/mol. The highest BCUT2D eigenvalue weighted by atomic mass is 32.2. The Kier molecular flexibility index (Phi) is 6.82. The molecule has 0 saturated carbocycles. The smallest absolute Gasteiger partial charge is 0.421 e. The summed E-state index contributed by atoms with van der Waals surface area (Å²) < 4.78 is 23.5. The Hall–Kier alpha value is -1.02.